The fourth-order valence-corrected chi connectivity index (χ4v) is 1.90. The quantitative estimate of drug-likeness (QED) is 0.682. The molecular formula is C14H13ClO3. The Kier molecular flexibility index (Phi) is 4.18. The summed E-state index contributed by atoms with van der Waals surface area (Å²) in [6.07, 6.45) is -0.668. The van der Waals surface area contributed by atoms with E-state index in [0.717, 1.165) is 10.8 Å². The van der Waals surface area contributed by atoms with Crippen molar-refractivity contribution < 1.29 is 14.6 Å². The van der Waals surface area contributed by atoms with Crippen LogP contribution in [0.5, 0.6) is 0 Å². The zero-order valence-electron chi connectivity index (χ0n) is 9.67. The Morgan fingerprint density at radius 3 is 2.67 bits per heavy atom. The lowest BCUT2D eigenvalue weighted by molar-refractivity contribution is 0.0208. The lowest BCUT2D eigenvalue weighted by Gasteiger charge is -2.13. The summed E-state index contributed by atoms with van der Waals surface area (Å²) in [4.78, 5) is 12.0. The van der Waals surface area contributed by atoms with Gasteiger partial charge in [0.25, 0.3) is 0 Å². The minimum Gasteiger partial charge on any atom is -0.455 e. The number of aliphatic hydroxyl groups is 1. The molecule has 0 saturated carbocycles. The molecule has 0 spiro atoms. The van der Waals surface area contributed by atoms with Crippen molar-refractivity contribution in [2.75, 3.05) is 12.5 Å². The maximum Gasteiger partial charge on any atom is 0.339 e. The first kappa shape index (κ1) is 12.9. The molecule has 2 rings (SSSR count). The summed E-state index contributed by atoms with van der Waals surface area (Å²) in [5.41, 5.74) is 0.483. The van der Waals surface area contributed by atoms with E-state index in [1.165, 1.54) is 0 Å². The molecule has 4 heteroatoms. The van der Waals surface area contributed by atoms with Gasteiger partial charge in [-0.25, -0.2) is 4.79 Å². The van der Waals surface area contributed by atoms with Crippen LogP contribution >= 0.6 is 11.6 Å². The Balaban J connectivity index is 2.33. The second-order valence-electron chi connectivity index (χ2n) is 3.89. The first-order valence-electron chi connectivity index (χ1n) is 5.62. The number of rotatable bonds is 4. The van der Waals surface area contributed by atoms with Crippen molar-refractivity contribution in [3.05, 3.63) is 48.0 Å². The normalized spacial score (nSPS) is 12.3. The molecule has 0 radical (unpaired) electrons. The van der Waals surface area contributed by atoms with E-state index in [1.807, 2.05) is 30.3 Å². The van der Waals surface area contributed by atoms with Gasteiger partial charge in [-0.2, -0.15) is 0 Å². The summed E-state index contributed by atoms with van der Waals surface area (Å²) >= 11 is 5.58. The van der Waals surface area contributed by atoms with E-state index in [4.69, 9.17) is 21.4 Å². The van der Waals surface area contributed by atoms with Crippen LogP contribution in [0.25, 0.3) is 10.8 Å². The number of benzene rings is 2. The van der Waals surface area contributed by atoms with Gasteiger partial charge in [-0.3, -0.25) is 0 Å². The van der Waals surface area contributed by atoms with Crippen LogP contribution in [0.4, 0.5) is 0 Å². The smallest absolute Gasteiger partial charge is 0.339 e. The maximum absolute atomic E-state index is 12.0. The van der Waals surface area contributed by atoms with E-state index in [0.29, 0.717) is 5.56 Å². The van der Waals surface area contributed by atoms with Crippen molar-refractivity contribution in [3.63, 3.8) is 0 Å². The predicted octanol–water partition coefficient (Wildman–Crippen LogP) is 2.60. The van der Waals surface area contributed by atoms with Gasteiger partial charge in [0, 0.05) is 0 Å². The Morgan fingerprint density at radius 1 is 1.22 bits per heavy atom. The molecule has 0 heterocycles. The number of esters is 1. The fraction of sp³-hybridized carbons (Fsp3) is 0.214. The summed E-state index contributed by atoms with van der Waals surface area (Å²) in [7, 11) is 0. The highest BCUT2D eigenvalue weighted by Crippen LogP contribution is 2.19. The maximum atomic E-state index is 12.0. The van der Waals surface area contributed by atoms with E-state index in [1.54, 1.807) is 12.1 Å². The van der Waals surface area contributed by atoms with Crippen LogP contribution in [0.1, 0.15) is 10.4 Å². The predicted molar refractivity (Wildman–Crippen MR) is 71.0 cm³/mol. The van der Waals surface area contributed by atoms with E-state index in [2.05, 4.69) is 0 Å². The molecule has 0 aliphatic carbocycles. The van der Waals surface area contributed by atoms with E-state index in [9.17, 15) is 4.79 Å². The molecule has 94 valence electrons. The third-order valence-corrected chi connectivity index (χ3v) is 3.00. The number of fused-ring (bicyclic) bond motifs is 1. The van der Waals surface area contributed by atoms with Crippen molar-refractivity contribution in [1.29, 1.82) is 0 Å². The van der Waals surface area contributed by atoms with Crippen molar-refractivity contribution >= 4 is 28.3 Å². The molecule has 18 heavy (non-hydrogen) atoms. The molecule has 0 bridgehead atoms. The van der Waals surface area contributed by atoms with Crippen molar-refractivity contribution in [3.8, 4) is 0 Å². The standard InChI is InChI=1S/C14H13ClO3/c15-8-11(9-16)18-14(17)13-7-3-5-10-4-1-2-6-12(10)13/h1-7,11,16H,8-9H2. The molecule has 1 unspecified atom stereocenters. The molecular weight excluding hydrogens is 252 g/mol. The number of alkyl halides is 1. The number of aliphatic hydroxyl groups excluding tert-OH is 1. The number of ether oxygens (including phenoxy) is 1. The average Bonchev–Trinajstić information content (AvgIpc) is 2.43. The number of carbonyl (C=O) groups is 1. The lowest BCUT2D eigenvalue weighted by Crippen LogP contribution is -2.23. The average molecular weight is 265 g/mol. The van der Waals surface area contributed by atoms with Gasteiger partial charge in [0.1, 0.15) is 6.10 Å². The third-order valence-electron chi connectivity index (χ3n) is 2.66. The van der Waals surface area contributed by atoms with Crippen LogP contribution in [0, 0.1) is 0 Å². The first-order chi connectivity index (χ1) is 8.76. The van der Waals surface area contributed by atoms with Crippen LogP contribution in [0.3, 0.4) is 0 Å². The zero-order chi connectivity index (χ0) is 13.0. The second-order valence-corrected chi connectivity index (χ2v) is 4.20. The molecule has 0 aliphatic rings. The number of hydrogen-bond donors (Lipinski definition) is 1. The molecule has 0 amide bonds. The topological polar surface area (TPSA) is 46.5 Å². The number of carbonyl (C=O) groups excluding carboxylic acids is 1. The Bertz CT molecular complexity index is 544. The minimum absolute atomic E-state index is 0.0764. The third kappa shape index (κ3) is 2.63. The Hall–Kier alpha value is -1.58. The molecule has 0 saturated heterocycles. The Morgan fingerprint density at radius 2 is 1.94 bits per heavy atom. The lowest BCUT2D eigenvalue weighted by atomic mass is 10.0. The molecule has 2 aromatic rings. The van der Waals surface area contributed by atoms with Gasteiger partial charge in [0.05, 0.1) is 18.1 Å². The van der Waals surface area contributed by atoms with Gasteiger partial charge in [-0.05, 0) is 16.8 Å². The fourth-order valence-electron chi connectivity index (χ4n) is 1.74. The van der Waals surface area contributed by atoms with Crippen LogP contribution in [-0.2, 0) is 4.74 Å². The highest BCUT2D eigenvalue weighted by molar-refractivity contribution is 6.18. The van der Waals surface area contributed by atoms with E-state index in [-0.39, 0.29) is 12.5 Å². The number of hydrogen-bond acceptors (Lipinski definition) is 3. The van der Waals surface area contributed by atoms with Crippen molar-refractivity contribution in [2.24, 2.45) is 0 Å². The minimum atomic E-state index is -0.668. The van der Waals surface area contributed by atoms with E-state index < -0.39 is 12.1 Å². The van der Waals surface area contributed by atoms with Crippen LogP contribution in [0.2, 0.25) is 0 Å². The molecule has 1 atom stereocenters. The van der Waals surface area contributed by atoms with Crippen molar-refractivity contribution in [2.45, 2.75) is 6.10 Å². The first-order valence-corrected chi connectivity index (χ1v) is 6.15. The van der Waals surface area contributed by atoms with Gasteiger partial charge in [-0.15, -0.1) is 11.6 Å². The molecule has 1 N–H and O–H groups in total. The van der Waals surface area contributed by atoms with Gasteiger partial charge in [0.2, 0.25) is 0 Å². The summed E-state index contributed by atoms with van der Waals surface area (Å²) in [6.45, 7) is -0.278. The second kappa shape index (κ2) is 5.85. The molecule has 2 aromatic carbocycles. The molecule has 0 fully saturated rings. The largest absolute Gasteiger partial charge is 0.455 e. The highest BCUT2D eigenvalue weighted by atomic mass is 35.5. The van der Waals surface area contributed by atoms with Crippen LogP contribution in [-0.4, -0.2) is 29.7 Å². The SMILES string of the molecule is O=C(OC(CO)CCl)c1cccc2ccccc12. The van der Waals surface area contributed by atoms with Crippen LogP contribution < -0.4 is 0 Å². The van der Waals surface area contributed by atoms with Gasteiger partial charge >= 0.3 is 5.97 Å². The highest BCUT2D eigenvalue weighted by Gasteiger charge is 2.16. The van der Waals surface area contributed by atoms with Gasteiger partial charge in [-0.1, -0.05) is 36.4 Å². The summed E-state index contributed by atoms with van der Waals surface area (Å²) in [5, 5.41) is 10.8. The Labute approximate surface area is 110 Å². The molecule has 0 aliphatic heterocycles. The summed E-state index contributed by atoms with van der Waals surface area (Å²) in [5.74, 6) is -0.390. The summed E-state index contributed by atoms with van der Waals surface area (Å²) < 4.78 is 5.12. The van der Waals surface area contributed by atoms with E-state index >= 15 is 0 Å². The van der Waals surface area contributed by atoms with Crippen LogP contribution in [0.15, 0.2) is 42.5 Å². The van der Waals surface area contributed by atoms with Crippen molar-refractivity contribution in [1.82, 2.24) is 0 Å². The van der Waals surface area contributed by atoms with Gasteiger partial charge < -0.3 is 9.84 Å². The molecule has 3 nitrogen and oxygen atoms in total. The molecule has 0 aromatic heterocycles. The monoisotopic (exact) mass is 264 g/mol. The summed E-state index contributed by atoms with van der Waals surface area (Å²) in [6, 6.07) is 13.0. The zero-order valence-corrected chi connectivity index (χ0v) is 10.4. The number of halogens is 1. The van der Waals surface area contributed by atoms with Gasteiger partial charge in [0.15, 0.2) is 0 Å².